The van der Waals surface area contributed by atoms with Gasteiger partial charge in [-0.15, -0.1) is 0 Å². The van der Waals surface area contributed by atoms with Crippen molar-refractivity contribution in [3.05, 3.63) is 227 Å². The van der Waals surface area contributed by atoms with E-state index in [9.17, 15) is 9.59 Å². The molecule has 0 bridgehead atoms. The third kappa shape index (κ3) is 11.7. The van der Waals surface area contributed by atoms with Crippen molar-refractivity contribution in [1.82, 2.24) is 50.6 Å². The fraction of sp³-hybridized carbons (Fsp3) is 0.170. The fourth-order valence-corrected chi connectivity index (χ4v) is 8.13. The molecule has 8 aromatic rings. The molecule has 0 fully saturated rings. The summed E-state index contributed by atoms with van der Waals surface area (Å²) in [7, 11) is 0. The third-order valence-corrected chi connectivity index (χ3v) is 11.4. The summed E-state index contributed by atoms with van der Waals surface area (Å²) in [4.78, 5) is 57.5. The highest BCUT2D eigenvalue weighted by molar-refractivity contribution is 5.94. The standard InChI is InChI=1S/C53H50N12O2/c66-50(57-34-44-23-10-11-29-54-44)47-28-31-56-53(61-47)63-64(35-39-16-6-2-7-17-39)36-40-18-12-22-43(32-40)46-26-25-41-21-13-24-48(49(41)60-46)65(51(67)42-19-8-3-9-20-42)37-45-27-30-55-52(59-45)62-58-33-38-14-4-1-5-15-38/h1-12,14-20,22-23,25-32,48,58H,13,21,24,33-37H2,(H,57,66)(H,55,59,62)(H,56,61,63). The van der Waals surface area contributed by atoms with E-state index in [1.807, 2.05) is 119 Å². The number of benzene rings is 4. The van der Waals surface area contributed by atoms with Crippen molar-refractivity contribution in [2.75, 3.05) is 10.9 Å². The monoisotopic (exact) mass is 886 g/mol. The highest BCUT2D eigenvalue weighted by atomic mass is 16.2. The summed E-state index contributed by atoms with van der Waals surface area (Å²) in [6.07, 6.45) is 7.52. The van der Waals surface area contributed by atoms with Gasteiger partial charge in [0.05, 0.1) is 41.9 Å². The Morgan fingerprint density at radius 3 is 2.13 bits per heavy atom. The van der Waals surface area contributed by atoms with Crippen molar-refractivity contribution in [2.45, 2.75) is 58.0 Å². The van der Waals surface area contributed by atoms with Gasteiger partial charge in [0.25, 0.3) is 11.8 Å². The van der Waals surface area contributed by atoms with Crippen LogP contribution in [0.4, 0.5) is 11.9 Å². The van der Waals surface area contributed by atoms with Crippen LogP contribution in [0.3, 0.4) is 0 Å². The third-order valence-electron chi connectivity index (χ3n) is 11.4. The van der Waals surface area contributed by atoms with Gasteiger partial charge in [-0.25, -0.2) is 30.4 Å². The number of aryl methyl sites for hydroxylation is 1. The second kappa shape index (κ2) is 21.7. The normalized spacial score (nSPS) is 13.1. The van der Waals surface area contributed by atoms with Crippen molar-refractivity contribution in [3.8, 4) is 11.3 Å². The van der Waals surface area contributed by atoms with Gasteiger partial charge in [-0.1, -0.05) is 109 Å². The molecule has 4 aromatic carbocycles. The molecule has 1 unspecified atom stereocenters. The molecule has 2 amide bonds. The van der Waals surface area contributed by atoms with Crippen molar-refractivity contribution in [1.29, 1.82) is 0 Å². The maximum Gasteiger partial charge on any atom is 0.270 e. The van der Waals surface area contributed by atoms with Crippen molar-refractivity contribution in [2.24, 2.45) is 0 Å². The van der Waals surface area contributed by atoms with Crippen LogP contribution < -0.4 is 21.6 Å². The number of pyridine rings is 2. The van der Waals surface area contributed by atoms with E-state index >= 15 is 0 Å². The number of nitrogens with one attached hydrogen (secondary N) is 4. The summed E-state index contributed by atoms with van der Waals surface area (Å²) in [5.74, 6) is 0.301. The summed E-state index contributed by atoms with van der Waals surface area (Å²) in [5, 5.41) is 4.92. The summed E-state index contributed by atoms with van der Waals surface area (Å²) >= 11 is 0. The Morgan fingerprint density at radius 2 is 1.33 bits per heavy atom. The first-order chi connectivity index (χ1) is 33.0. The first-order valence-corrected chi connectivity index (χ1v) is 22.4. The minimum atomic E-state index is -0.325. The zero-order valence-electron chi connectivity index (χ0n) is 36.9. The zero-order valence-corrected chi connectivity index (χ0v) is 36.9. The number of rotatable bonds is 18. The number of amides is 2. The first-order valence-electron chi connectivity index (χ1n) is 22.4. The zero-order chi connectivity index (χ0) is 45.6. The first kappa shape index (κ1) is 44.0. The Labute approximate surface area is 389 Å². The van der Waals surface area contributed by atoms with Crippen LogP contribution in [0.2, 0.25) is 0 Å². The fourth-order valence-electron chi connectivity index (χ4n) is 8.13. The van der Waals surface area contributed by atoms with E-state index in [4.69, 9.17) is 9.97 Å². The maximum absolute atomic E-state index is 14.6. The number of carbonyl (C=O) groups excluding carboxylic acids is 2. The number of nitrogens with zero attached hydrogens (tertiary/aromatic N) is 8. The molecule has 0 radical (unpaired) electrons. The summed E-state index contributed by atoms with van der Waals surface area (Å²) in [6.45, 7) is 2.14. The highest BCUT2D eigenvalue weighted by Crippen LogP contribution is 2.37. The van der Waals surface area contributed by atoms with E-state index in [-0.39, 0.29) is 36.6 Å². The molecule has 1 atom stereocenters. The Bertz CT molecular complexity index is 2890. The number of hydrogen-bond donors (Lipinski definition) is 4. The molecule has 0 aliphatic heterocycles. The molecule has 0 saturated carbocycles. The van der Waals surface area contributed by atoms with Crippen LogP contribution in [-0.4, -0.2) is 51.6 Å². The SMILES string of the molecule is O=C(NCc1ccccn1)c1ccnc(NN(Cc2ccccc2)Cc2cccc(-c3ccc4c(n3)C(N(Cc3ccnc(NNCc5ccccc5)n3)C(=O)c3ccccc3)CCC4)c2)n1. The lowest BCUT2D eigenvalue weighted by Gasteiger charge is -2.35. The quantitative estimate of drug-likeness (QED) is 0.0608. The van der Waals surface area contributed by atoms with E-state index in [1.54, 1.807) is 24.7 Å². The van der Waals surface area contributed by atoms with Gasteiger partial charge in [0.15, 0.2) is 0 Å². The number of carbonyl (C=O) groups is 2. The minimum absolute atomic E-state index is 0.0892. The molecule has 14 heteroatoms. The van der Waals surface area contributed by atoms with Crippen molar-refractivity contribution in [3.63, 3.8) is 0 Å². The van der Waals surface area contributed by atoms with Gasteiger partial charge in [0.2, 0.25) is 11.9 Å². The summed E-state index contributed by atoms with van der Waals surface area (Å²) < 4.78 is 0. The molecule has 9 rings (SSSR count). The van der Waals surface area contributed by atoms with Crippen LogP contribution in [-0.2, 0) is 39.1 Å². The second-order valence-electron chi connectivity index (χ2n) is 16.2. The Kier molecular flexibility index (Phi) is 14.2. The van der Waals surface area contributed by atoms with E-state index < -0.39 is 0 Å². The highest BCUT2D eigenvalue weighted by Gasteiger charge is 2.32. The van der Waals surface area contributed by atoms with E-state index in [1.165, 1.54) is 0 Å². The van der Waals surface area contributed by atoms with Crippen LogP contribution in [0.5, 0.6) is 0 Å². The van der Waals surface area contributed by atoms with Gasteiger partial charge < -0.3 is 10.2 Å². The lowest BCUT2D eigenvalue weighted by molar-refractivity contribution is 0.0629. The van der Waals surface area contributed by atoms with Crippen LogP contribution in [0, 0.1) is 0 Å². The lowest BCUT2D eigenvalue weighted by Crippen LogP contribution is -2.37. The Morgan fingerprint density at radius 1 is 0.597 bits per heavy atom. The molecule has 1 aliphatic carbocycles. The minimum Gasteiger partial charge on any atom is -0.345 e. The van der Waals surface area contributed by atoms with Crippen LogP contribution in [0.15, 0.2) is 176 Å². The van der Waals surface area contributed by atoms with E-state index in [0.29, 0.717) is 42.8 Å². The molecule has 4 heterocycles. The second-order valence-corrected chi connectivity index (χ2v) is 16.2. The molecule has 4 N–H and O–H groups in total. The topological polar surface area (TPSA) is 166 Å². The molecule has 67 heavy (non-hydrogen) atoms. The van der Waals surface area contributed by atoms with Crippen LogP contribution in [0.1, 0.15) is 79.1 Å². The maximum atomic E-state index is 14.6. The lowest BCUT2D eigenvalue weighted by atomic mass is 9.89. The molecule has 334 valence electrons. The summed E-state index contributed by atoms with van der Waals surface area (Å²) in [6, 6.07) is 50.9. The Balaban J connectivity index is 0.952. The van der Waals surface area contributed by atoms with Crippen molar-refractivity contribution < 1.29 is 9.59 Å². The van der Waals surface area contributed by atoms with Gasteiger partial charge in [0.1, 0.15) is 5.69 Å². The van der Waals surface area contributed by atoms with Gasteiger partial charge in [0, 0.05) is 49.4 Å². The largest absolute Gasteiger partial charge is 0.345 e. The number of fused-ring (bicyclic) bond motifs is 1. The van der Waals surface area contributed by atoms with Gasteiger partial charge >= 0.3 is 0 Å². The molecule has 0 saturated heterocycles. The number of anilines is 2. The number of hydrazine groups is 2. The molecular weight excluding hydrogens is 837 g/mol. The number of aromatic nitrogens is 6. The molecule has 0 spiro atoms. The Hall–Kier alpha value is -8.20. The van der Waals surface area contributed by atoms with Crippen LogP contribution >= 0.6 is 0 Å². The summed E-state index contributed by atoms with van der Waals surface area (Å²) in [5.41, 5.74) is 19.0. The van der Waals surface area contributed by atoms with Crippen LogP contribution in [0.25, 0.3) is 11.3 Å². The smallest absolute Gasteiger partial charge is 0.270 e. The van der Waals surface area contributed by atoms with E-state index in [2.05, 4.69) is 84.0 Å². The number of hydrogen-bond acceptors (Lipinski definition) is 12. The van der Waals surface area contributed by atoms with E-state index in [0.717, 1.165) is 64.2 Å². The molecule has 14 nitrogen and oxygen atoms in total. The van der Waals surface area contributed by atoms with Gasteiger partial charge in [-0.3, -0.25) is 30.4 Å². The predicted molar refractivity (Wildman–Crippen MR) is 257 cm³/mol. The molecule has 4 aromatic heterocycles. The molecular formula is C53H50N12O2. The van der Waals surface area contributed by atoms with Gasteiger partial charge in [-0.05, 0) is 90.0 Å². The average Bonchev–Trinajstić information content (AvgIpc) is 3.38. The predicted octanol–water partition coefficient (Wildman–Crippen LogP) is 8.52. The average molecular weight is 887 g/mol. The van der Waals surface area contributed by atoms with Gasteiger partial charge in [-0.2, -0.15) is 0 Å². The van der Waals surface area contributed by atoms with Crippen molar-refractivity contribution >= 4 is 23.7 Å². The molecule has 1 aliphatic rings.